The van der Waals surface area contributed by atoms with Crippen LogP contribution in [0.5, 0.6) is 11.5 Å². The molecule has 0 bridgehead atoms. The van der Waals surface area contributed by atoms with Gasteiger partial charge in [0.25, 0.3) is 0 Å². The zero-order valence-corrected chi connectivity index (χ0v) is 16.6. The number of methoxy groups -OCH3 is 1. The van der Waals surface area contributed by atoms with E-state index in [1.165, 1.54) is 7.11 Å². The Morgan fingerprint density at radius 1 is 1.38 bits per heavy atom. The average Bonchev–Trinajstić information content (AvgIpc) is 3.26. The quantitative estimate of drug-likeness (QED) is 0.711. The Kier molecular flexibility index (Phi) is 5.04. The monoisotopic (exact) mass is 401 g/mol. The number of benzene rings is 1. The number of fused-ring (bicyclic) bond motifs is 3. The Labute approximate surface area is 168 Å². The van der Waals surface area contributed by atoms with E-state index in [1.807, 2.05) is 23.8 Å². The fraction of sp³-hybridized carbons (Fsp3) is 0.450. The second-order valence-electron chi connectivity index (χ2n) is 6.91. The lowest BCUT2D eigenvalue weighted by molar-refractivity contribution is -0.147. The molecule has 0 saturated carbocycles. The van der Waals surface area contributed by atoms with Crippen molar-refractivity contribution in [2.75, 3.05) is 25.2 Å². The molecule has 2 aliphatic heterocycles. The van der Waals surface area contributed by atoms with Gasteiger partial charge < -0.3 is 23.5 Å². The van der Waals surface area contributed by atoms with Gasteiger partial charge in [-0.25, -0.2) is 14.6 Å². The summed E-state index contributed by atoms with van der Waals surface area (Å²) < 4.78 is 23.4. The predicted octanol–water partition coefficient (Wildman–Crippen LogP) is 2.62. The molecule has 0 N–H and O–H groups in total. The zero-order chi connectivity index (χ0) is 20.5. The normalized spacial score (nSPS) is 18.8. The van der Waals surface area contributed by atoms with Crippen LogP contribution in [0.15, 0.2) is 24.4 Å². The molecule has 4 rings (SSSR count). The van der Waals surface area contributed by atoms with Crippen LogP contribution in [0.25, 0.3) is 11.4 Å². The van der Waals surface area contributed by atoms with E-state index < -0.39 is 12.1 Å². The molecule has 0 unspecified atom stereocenters. The number of anilines is 1. The summed E-state index contributed by atoms with van der Waals surface area (Å²) in [6.07, 6.45) is 1.53. The van der Waals surface area contributed by atoms with Crippen LogP contribution in [0.4, 0.5) is 10.6 Å². The fourth-order valence-electron chi connectivity index (χ4n) is 3.50. The molecular weight excluding hydrogens is 378 g/mol. The molecule has 2 atom stereocenters. The van der Waals surface area contributed by atoms with Crippen LogP contribution >= 0.6 is 0 Å². The number of imidazole rings is 1. The molecule has 9 heteroatoms. The van der Waals surface area contributed by atoms with Gasteiger partial charge in [0, 0.05) is 12.3 Å². The van der Waals surface area contributed by atoms with Gasteiger partial charge in [0.1, 0.15) is 30.5 Å². The maximum absolute atomic E-state index is 12.2. The number of carbonyl (C=O) groups excluding carboxylic acids is 2. The minimum atomic E-state index is -0.732. The standard InChI is InChI=1S/C20H23N3O6/c1-4-13-11-28-20(25)23(13)17-10-22-7-8-27-16-9-14(29-12(2)19(24)26-3)5-6-15(16)18(22)21-17/h5-6,9-10,12-13H,4,7-8,11H2,1-3H3/t12-,13+/m0/s1. The molecule has 9 nitrogen and oxygen atoms in total. The summed E-state index contributed by atoms with van der Waals surface area (Å²) >= 11 is 0. The van der Waals surface area contributed by atoms with Crippen LogP contribution in [0, 0.1) is 0 Å². The summed E-state index contributed by atoms with van der Waals surface area (Å²) in [6.45, 7) is 5.03. The Hall–Kier alpha value is -3.23. The van der Waals surface area contributed by atoms with E-state index in [9.17, 15) is 9.59 Å². The molecule has 1 saturated heterocycles. The molecule has 0 aliphatic carbocycles. The second kappa shape index (κ2) is 7.65. The van der Waals surface area contributed by atoms with Crippen molar-refractivity contribution < 1.29 is 28.5 Å². The lowest BCUT2D eigenvalue weighted by atomic mass is 10.1. The van der Waals surface area contributed by atoms with E-state index >= 15 is 0 Å². The first-order valence-corrected chi connectivity index (χ1v) is 9.56. The summed E-state index contributed by atoms with van der Waals surface area (Å²) in [6, 6.07) is 5.30. The molecule has 0 spiro atoms. The Bertz CT molecular complexity index is 940. The maximum atomic E-state index is 12.2. The van der Waals surface area contributed by atoms with Crippen molar-refractivity contribution >= 4 is 17.9 Å². The summed E-state index contributed by atoms with van der Waals surface area (Å²) in [5, 5.41) is 0. The number of carbonyl (C=O) groups is 2. The van der Waals surface area contributed by atoms with Crippen LogP contribution in [0.2, 0.25) is 0 Å². The molecule has 1 amide bonds. The summed E-state index contributed by atoms with van der Waals surface area (Å²) in [5.41, 5.74) is 0.785. The van der Waals surface area contributed by atoms with E-state index in [-0.39, 0.29) is 12.1 Å². The maximum Gasteiger partial charge on any atom is 0.415 e. The highest BCUT2D eigenvalue weighted by Gasteiger charge is 2.35. The van der Waals surface area contributed by atoms with Crippen molar-refractivity contribution in [1.82, 2.24) is 9.55 Å². The van der Waals surface area contributed by atoms with Gasteiger partial charge in [-0.3, -0.25) is 4.90 Å². The first-order valence-electron chi connectivity index (χ1n) is 9.56. The molecule has 1 aromatic carbocycles. The summed E-state index contributed by atoms with van der Waals surface area (Å²) in [7, 11) is 1.32. The van der Waals surface area contributed by atoms with E-state index in [4.69, 9.17) is 23.9 Å². The molecular formula is C20H23N3O6. The van der Waals surface area contributed by atoms with E-state index in [1.54, 1.807) is 24.0 Å². The second-order valence-corrected chi connectivity index (χ2v) is 6.91. The summed E-state index contributed by atoms with van der Waals surface area (Å²) in [5.74, 6) is 1.92. The molecule has 3 heterocycles. The highest BCUT2D eigenvalue weighted by molar-refractivity contribution is 5.89. The smallest absolute Gasteiger partial charge is 0.415 e. The Morgan fingerprint density at radius 2 is 2.21 bits per heavy atom. The first kappa shape index (κ1) is 19.1. The molecule has 1 aromatic heterocycles. The van der Waals surface area contributed by atoms with Crippen LogP contribution in [-0.4, -0.2) is 54.1 Å². The number of nitrogens with zero attached hydrogens (tertiary/aromatic N) is 3. The number of hydrogen-bond acceptors (Lipinski definition) is 7. The third-order valence-electron chi connectivity index (χ3n) is 5.07. The number of esters is 1. The van der Waals surface area contributed by atoms with Gasteiger partial charge in [-0.15, -0.1) is 0 Å². The molecule has 0 radical (unpaired) electrons. The molecule has 1 fully saturated rings. The van der Waals surface area contributed by atoms with Gasteiger partial charge in [0.15, 0.2) is 11.9 Å². The van der Waals surface area contributed by atoms with Gasteiger partial charge in [-0.1, -0.05) is 6.92 Å². The lowest BCUT2D eigenvalue weighted by Gasteiger charge is -2.17. The van der Waals surface area contributed by atoms with Gasteiger partial charge in [-0.2, -0.15) is 0 Å². The third kappa shape index (κ3) is 3.48. The highest BCUT2D eigenvalue weighted by Crippen LogP contribution is 2.37. The van der Waals surface area contributed by atoms with Crippen molar-refractivity contribution in [3.63, 3.8) is 0 Å². The minimum Gasteiger partial charge on any atom is -0.491 e. The average molecular weight is 401 g/mol. The molecule has 29 heavy (non-hydrogen) atoms. The van der Waals surface area contributed by atoms with Crippen molar-refractivity contribution in [2.24, 2.45) is 0 Å². The van der Waals surface area contributed by atoms with Crippen LogP contribution in [-0.2, 0) is 20.8 Å². The number of amides is 1. The number of ether oxygens (including phenoxy) is 4. The van der Waals surface area contributed by atoms with Gasteiger partial charge in [0.05, 0.1) is 25.3 Å². The number of rotatable bonds is 5. The van der Waals surface area contributed by atoms with Crippen molar-refractivity contribution in [3.05, 3.63) is 24.4 Å². The molecule has 154 valence electrons. The predicted molar refractivity (Wildman–Crippen MR) is 103 cm³/mol. The summed E-state index contributed by atoms with van der Waals surface area (Å²) in [4.78, 5) is 30.1. The number of hydrogen-bond donors (Lipinski definition) is 0. The van der Waals surface area contributed by atoms with Crippen LogP contribution < -0.4 is 14.4 Å². The van der Waals surface area contributed by atoms with E-state index in [0.29, 0.717) is 42.9 Å². The Morgan fingerprint density at radius 3 is 2.97 bits per heavy atom. The van der Waals surface area contributed by atoms with E-state index in [0.717, 1.165) is 12.0 Å². The van der Waals surface area contributed by atoms with Gasteiger partial charge in [-0.05, 0) is 25.5 Å². The van der Waals surface area contributed by atoms with Gasteiger partial charge in [0.2, 0.25) is 0 Å². The van der Waals surface area contributed by atoms with Crippen molar-refractivity contribution in [1.29, 1.82) is 0 Å². The largest absolute Gasteiger partial charge is 0.491 e. The van der Waals surface area contributed by atoms with Crippen molar-refractivity contribution in [3.8, 4) is 22.9 Å². The Balaban J connectivity index is 1.65. The van der Waals surface area contributed by atoms with Gasteiger partial charge >= 0.3 is 12.1 Å². The fourth-order valence-corrected chi connectivity index (χ4v) is 3.50. The van der Waals surface area contributed by atoms with Crippen LogP contribution in [0.3, 0.4) is 0 Å². The SMILES string of the molecule is CC[C@@H]1COC(=O)N1c1cn2c(n1)-c1ccc(O[C@@H](C)C(=O)OC)cc1OCC2. The molecule has 2 aliphatic rings. The molecule has 2 aromatic rings. The number of cyclic esters (lactones) is 1. The van der Waals surface area contributed by atoms with E-state index in [2.05, 4.69) is 0 Å². The van der Waals surface area contributed by atoms with Crippen molar-refractivity contribution in [2.45, 2.75) is 39.0 Å². The lowest BCUT2D eigenvalue weighted by Crippen LogP contribution is -2.33. The van der Waals surface area contributed by atoms with Crippen LogP contribution in [0.1, 0.15) is 20.3 Å². The highest BCUT2D eigenvalue weighted by atomic mass is 16.6. The minimum absolute atomic E-state index is 0.0204. The first-order chi connectivity index (χ1) is 14.0. The third-order valence-corrected chi connectivity index (χ3v) is 5.07. The number of aromatic nitrogens is 2. The topological polar surface area (TPSA) is 92.1 Å². The zero-order valence-electron chi connectivity index (χ0n) is 16.6.